The van der Waals surface area contributed by atoms with Crippen LogP contribution in [0.15, 0.2) is 61.2 Å². The highest BCUT2D eigenvalue weighted by atomic mass is 15.3. The number of rotatable bonds is 4. The van der Waals surface area contributed by atoms with Crippen LogP contribution in [0, 0.1) is 0 Å². The lowest BCUT2D eigenvalue weighted by molar-refractivity contribution is 0.696. The molecule has 0 unspecified atom stereocenters. The minimum absolute atomic E-state index is 1.10. The summed E-state index contributed by atoms with van der Waals surface area (Å²) in [5.74, 6) is 0. The first-order chi connectivity index (χ1) is 11.3. The van der Waals surface area contributed by atoms with Gasteiger partial charge in [0, 0.05) is 16.8 Å². The van der Waals surface area contributed by atoms with Crippen molar-refractivity contribution in [2.24, 2.45) is 0 Å². The first kappa shape index (κ1) is 15.5. The minimum Gasteiger partial charge on any atom is -0.237 e. The molecule has 0 saturated carbocycles. The summed E-state index contributed by atoms with van der Waals surface area (Å²) in [5, 5.41) is 4.95. The molecule has 23 heavy (non-hydrogen) atoms. The molecule has 1 aromatic carbocycles. The van der Waals surface area contributed by atoms with E-state index < -0.39 is 0 Å². The van der Waals surface area contributed by atoms with Gasteiger partial charge in [0.05, 0.1) is 11.4 Å². The van der Waals surface area contributed by atoms with Crippen molar-refractivity contribution >= 4 is 5.70 Å². The van der Waals surface area contributed by atoms with Gasteiger partial charge in [0.15, 0.2) is 0 Å². The molecule has 1 heterocycles. The third-order valence-corrected chi connectivity index (χ3v) is 4.37. The highest BCUT2D eigenvalue weighted by Gasteiger charge is 2.21. The van der Waals surface area contributed by atoms with Crippen LogP contribution in [0.25, 0.3) is 17.0 Å². The van der Waals surface area contributed by atoms with Crippen LogP contribution in [-0.2, 0) is 12.8 Å². The van der Waals surface area contributed by atoms with E-state index in [0.29, 0.717) is 0 Å². The third kappa shape index (κ3) is 3.37. The molecule has 2 aromatic rings. The van der Waals surface area contributed by atoms with E-state index in [1.54, 1.807) is 6.08 Å². The Bertz CT molecular complexity index is 733. The van der Waals surface area contributed by atoms with Gasteiger partial charge in [-0.1, -0.05) is 61.6 Å². The van der Waals surface area contributed by atoms with E-state index in [2.05, 4.69) is 54.6 Å². The van der Waals surface area contributed by atoms with Crippen LogP contribution in [0.3, 0.4) is 0 Å². The van der Waals surface area contributed by atoms with E-state index in [-0.39, 0.29) is 0 Å². The molecule has 3 rings (SSSR count). The van der Waals surface area contributed by atoms with Crippen molar-refractivity contribution in [3.63, 3.8) is 0 Å². The van der Waals surface area contributed by atoms with Gasteiger partial charge in [0.2, 0.25) is 0 Å². The molecule has 1 aromatic heterocycles. The Labute approximate surface area is 138 Å². The van der Waals surface area contributed by atoms with Crippen LogP contribution in [0.4, 0.5) is 0 Å². The first-order valence-corrected chi connectivity index (χ1v) is 8.44. The zero-order chi connectivity index (χ0) is 16.1. The van der Waals surface area contributed by atoms with Gasteiger partial charge in [0.1, 0.15) is 0 Å². The Morgan fingerprint density at radius 1 is 1.09 bits per heavy atom. The second-order valence-corrected chi connectivity index (χ2v) is 6.04. The van der Waals surface area contributed by atoms with E-state index in [1.807, 2.05) is 12.2 Å². The van der Waals surface area contributed by atoms with E-state index >= 15 is 0 Å². The van der Waals surface area contributed by atoms with Gasteiger partial charge < -0.3 is 0 Å². The van der Waals surface area contributed by atoms with Crippen LogP contribution >= 0.6 is 0 Å². The molecule has 0 saturated heterocycles. The Morgan fingerprint density at radius 2 is 1.87 bits per heavy atom. The Hall–Kier alpha value is -2.35. The summed E-state index contributed by atoms with van der Waals surface area (Å²) >= 11 is 0. The number of fused-ring (bicyclic) bond motifs is 1. The molecule has 0 amide bonds. The molecule has 0 spiro atoms. The van der Waals surface area contributed by atoms with Crippen molar-refractivity contribution in [2.75, 3.05) is 0 Å². The number of hydrogen-bond donors (Lipinski definition) is 0. The van der Waals surface area contributed by atoms with Gasteiger partial charge in [0.25, 0.3) is 0 Å². The average Bonchev–Trinajstić information content (AvgIpc) is 2.79. The summed E-state index contributed by atoms with van der Waals surface area (Å²) in [4.78, 5) is 0. The highest BCUT2D eigenvalue weighted by Crippen LogP contribution is 2.32. The maximum atomic E-state index is 4.95. The van der Waals surface area contributed by atoms with Crippen molar-refractivity contribution in [1.82, 2.24) is 9.78 Å². The topological polar surface area (TPSA) is 17.8 Å². The smallest absolute Gasteiger partial charge is 0.0771 e. The van der Waals surface area contributed by atoms with Crippen molar-refractivity contribution in [3.8, 4) is 11.3 Å². The molecule has 0 N–H and O–H groups in total. The maximum Gasteiger partial charge on any atom is 0.0771 e. The van der Waals surface area contributed by atoms with Crippen LogP contribution < -0.4 is 0 Å². The average molecular weight is 304 g/mol. The fourth-order valence-corrected chi connectivity index (χ4v) is 3.22. The SMILES string of the molecule is C=C/C=C\C=C(/C)n1nc2c(c1-c1ccccc1)CCCCC2. The molecule has 1 aliphatic rings. The van der Waals surface area contributed by atoms with Crippen LogP contribution in [0.5, 0.6) is 0 Å². The highest BCUT2D eigenvalue weighted by molar-refractivity contribution is 5.69. The summed E-state index contributed by atoms with van der Waals surface area (Å²) in [6.07, 6.45) is 13.9. The second-order valence-electron chi connectivity index (χ2n) is 6.04. The molecule has 2 heteroatoms. The number of aryl methyl sites for hydroxylation is 1. The van der Waals surface area contributed by atoms with Crippen LogP contribution in [0.1, 0.15) is 37.4 Å². The summed E-state index contributed by atoms with van der Waals surface area (Å²) in [6.45, 7) is 5.84. The fraction of sp³-hybridized carbons (Fsp3) is 0.286. The van der Waals surface area contributed by atoms with Crippen LogP contribution in [-0.4, -0.2) is 9.78 Å². The predicted octanol–water partition coefficient (Wildman–Crippen LogP) is 5.42. The van der Waals surface area contributed by atoms with Crippen LogP contribution in [0.2, 0.25) is 0 Å². The van der Waals surface area contributed by atoms with Gasteiger partial charge >= 0.3 is 0 Å². The largest absolute Gasteiger partial charge is 0.237 e. The monoisotopic (exact) mass is 304 g/mol. The van der Waals surface area contributed by atoms with Crippen molar-refractivity contribution in [2.45, 2.75) is 39.0 Å². The summed E-state index contributed by atoms with van der Waals surface area (Å²) in [5.41, 5.74) is 6.37. The number of nitrogens with zero attached hydrogens (tertiary/aromatic N) is 2. The molecular weight excluding hydrogens is 280 g/mol. The molecular formula is C21H24N2. The summed E-state index contributed by atoms with van der Waals surface area (Å²) in [6, 6.07) is 10.6. The van der Waals surface area contributed by atoms with E-state index in [4.69, 9.17) is 5.10 Å². The lowest BCUT2D eigenvalue weighted by atomic mass is 10.0. The molecule has 2 nitrogen and oxygen atoms in total. The number of aromatic nitrogens is 2. The third-order valence-electron chi connectivity index (χ3n) is 4.37. The van der Waals surface area contributed by atoms with E-state index in [9.17, 15) is 0 Å². The maximum absolute atomic E-state index is 4.95. The number of hydrogen-bond acceptors (Lipinski definition) is 1. The molecule has 1 aliphatic carbocycles. The van der Waals surface area contributed by atoms with Gasteiger partial charge in [-0.2, -0.15) is 5.10 Å². The lowest BCUT2D eigenvalue weighted by Crippen LogP contribution is -2.00. The van der Waals surface area contributed by atoms with Gasteiger partial charge in [-0.15, -0.1) is 0 Å². The number of allylic oxidation sites excluding steroid dienone is 5. The zero-order valence-electron chi connectivity index (χ0n) is 13.8. The van der Waals surface area contributed by atoms with E-state index in [0.717, 1.165) is 18.5 Å². The molecule has 118 valence electrons. The lowest BCUT2D eigenvalue weighted by Gasteiger charge is -2.10. The van der Waals surface area contributed by atoms with Gasteiger partial charge in [-0.3, -0.25) is 0 Å². The second kappa shape index (κ2) is 7.28. The molecule has 0 aliphatic heterocycles. The first-order valence-electron chi connectivity index (χ1n) is 8.44. The fourth-order valence-electron chi connectivity index (χ4n) is 3.22. The normalized spacial score (nSPS) is 15.4. The summed E-state index contributed by atoms with van der Waals surface area (Å²) in [7, 11) is 0. The Kier molecular flexibility index (Phi) is 4.92. The van der Waals surface area contributed by atoms with Crippen molar-refractivity contribution in [3.05, 3.63) is 72.5 Å². The van der Waals surface area contributed by atoms with Crippen molar-refractivity contribution < 1.29 is 0 Å². The number of benzene rings is 1. The van der Waals surface area contributed by atoms with Crippen molar-refractivity contribution in [1.29, 1.82) is 0 Å². The molecule has 0 fully saturated rings. The summed E-state index contributed by atoms with van der Waals surface area (Å²) < 4.78 is 2.12. The molecule has 0 bridgehead atoms. The standard InChI is InChI=1S/C21H24N2/c1-3-4-7-12-17(2)23-21(18-13-8-5-9-14-18)19-15-10-6-11-16-20(19)22-23/h3-5,7-9,12-14H,1,6,10-11,15-16H2,2H3/b7-4-,17-12+. The van der Waals surface area contributed by atoms with Gasteiger partial charge in [-0.05, 0) is 38.7 Å². The Balaban J connectivity index is 2.13. The molecule has 0 radical (unpaired) electrons. The predicted molar refractivity (Wildman–Crippen MR) is 98.2 cm³/mol. The zero-order valence-corrected chi connectivity index (χ0v) is 13.8. The minimum atomic E-state index is 1.10. The molecule has 0 atom stereocenters. The quantitative estimate of drug-likeness (QED) is 0.544. The van der Waals surface area contributed by atoms with Gasteiger partial charge in [-0.25, -0.2) is 4.68 Å². The van der Waals surface area contributed by atoms with E-state index in [1.165, 1.54) is 41.8 Å². The Morgan fingerprint density at radius 3 is 2.65 bits per heavy atom.